The van der Waals surface area contributed by atoms with Gasteiger partial charge >= 0.3 is 6.03 Å². The monoisotopic (exact) mass is 365 g/mol. The highest BCUT2D eigenvalue weighted by molar-refractivity contribution is 5.74. The molecule has 1 saturated carbocycles. The van der Waals surface area contributed by atoms with Crippen molar-refractivity contribution < 1.29 is 4.79 Å². The summed E-state index contributed by atoms with van der Waals surface area (Å²) >= 11 is 0. The van der Waals surface area contributed by atoms with Crippen LogP contribution >= 0.6 is 0 Å². The zero-order chi connectivity index (χ0) is 19.1. The van der Waals surface area contributed by atoms with E-state index in [4.69, 9.17) is 0 Å². The maximum atomic E-state index is 12.2. The molecule has 0 unspecified atom stereocenters. The van der Waals surface area contributed by atoms with Crippen LogP contribution in [0.4, 0.5) is 4.79 Å². The van der Waals surface area contributed by atoms with Gasteiger partial charge in [0.05, 0.1) is 0 Å². The first-order valence-corrected chi connectivity index (χ1v) is 10.0. The van der Waals surface area contributed by atoms with Gasteiger partial charge in [0.2, 0.25) is 0 Å². The van der Waals surface area contributed by atoms with Crippen molar-refractivity contribution in [2.24, 2.45) is 0 Å². The molecule has 0 aliphatic heterocycles. The summed E-state index contributed by atoms with van der Waals surface area (Å²) in [5.74, 6) is 0. The third-order valence-electron chi connectivity index (χ3n) is 5.60. The van der Waals surface area contributed by atoms with Crippen LogP contribution in [0.15, 0.2) is 54.6 Å². The second-order valence-electron chi connectivity index (χ2n) is 7.46. The van der Waals surface area contributed by atoms with Crippen molar-refractivity contribution in [1.82, 2.24) is 15.5 Å². The van der Waals surface area contributed by atoms with E-state index in [0.29, 0.717) is 13.1 Å². The third kappa shape index (κ3) is 5.33. The molecule has 144 valence electrons. The van der Waals surface area contributed by atoms with Crippen molar-refractivity contribution in [1.29, 1.82) is 0 Å². The summed E-state index contributed by atoms with van der Waals surface area (Å²) in [5.41, 5.74) is 3.90. The standard InChI is InChI=1S/C23H31N3O/c1-3-26(4-2)17-20-12-10-19(11-13-20)16-24-22(27)25-18-23(14-15-23)21-8-6-5-7-9-21/h5-13H,3-4,14-18H2,1-2H3,(H2,24,25,27). The van der Waals surface area contributed by atoms with E-state index in [-0.39, 0.29) is 11.4 Å². The second-order valence-corrected chi connectivity index (χ2v) is 7.46. The number of nitrogens with one attached hydrogen (secondary N) is 2. The Kier molecular flexibility index (Phi) is 6.51. The van der Waals surface area contributed by atoms with Gasteiger partial charge in [-0.05, 0) is 42.6 Å². The molecular formula is C23H31N3O. The topological polar surface area (TPSA) is 44.4 Å². The van der Waals surface area contributed by atoms with E-state index in [0.717, 1.165) is 38.0 Å². The van der Waals surface area contributed by atoms with Gasteiger partial charge in [0.25, 0.3) is 0 Å². The predicted octanol–water partition coefficient (Wildman–Crippen LogP) is 4.06. The molecule has 0 heterocycles. The second kappa shape index (κ2) is 9.05. The van der Waals surface area contributed by atoms with Gasteiger partial charge < -0.3 is 10.6 Å². The molecule has 1 fully saturated rings. The number of amides is 2. The van der Waals surface area contributed by atoms with Gasteiger partial charge in [0, 0.05) is 25.0 Å². The Bertz CT molecular complexity index is 719. The van der Waals surface area contributed by atoms with Crippen LogP contribution in [0.3, 0.4) is 0 Å². The summed E-state index contributed by atoms with van der Waals surface area (Å²) in [4.78, 5) is 14.6. The maximum absolute atomic E-state index is 12.2. The zero-order valence-corrected chi connectivity index (χ0v) is 16.5. The van der Waals surface area contributed by atoms with Gasteiger partial charge in [0.1, 0.15) is 0 Å². The van der Waals surface area contributed by atoms with Crippen LogP contribution in [-0.4, -0.2) is 30.6 Å². The van der Waals surface area contributed by atoms with E-state index in [2.05, 4.69) is 77.9 Å². The lowest BCUT2D eigenvalue weighted by Gasteiger charge is -2.18. The molecule has 1 aliphatic carbocycles. The summed E-state index contributed by atoms with van der Waals surface area (Å²) in [5, 5.41) is 6.02. The molecule has 0 saturated heterocycles. The molecule has 2 aromatic rings. The zero-order valence-electron chi connectivity index (χ0n) is 16.5. The first-order chi connectivity index (χ1) is 13.1. The van der Waals surface area contributed by atoms with Crippen molar-refractivity contribution in [3.8, 4) is 0 Å². The number of nitrogens with zero attached hydrogens (tertiary/aromatic N) is 1. The van der Waals surface area contributed by atoms with Crippen molar-refractivity contribution in [2.75, 3.05) is 19.6 Å². The Hall–Kier alpha value is -2.33. The highest BCUT2D eigenvalue weighted by atomic mass is 16.2. The minimum absolute atomic E-state index is 0.0931. The quantitative estimate of drug-likeness (QED) is 0.704. The fourth-order valence-electron chi connectivity index (χ4n) is 3.47. The minimum Gasteiger partial charge on any atom is -0.337 e. The van der Waals surface area contributed by atoms with Crippen molar-refractivity contribution in [3.63, 3.8) is 0 Å². The number of hydrogen-bond acceptors (Lipinski definition) is 2. The normalized spacial score (nSPS) is 14.8. The molecule has 0 atom stereocenters. The molecule has 2 aromatic carbocycles. The lowest BCUT2D eigenvalue weighted by molar-refractivity contribution is 0.239. The van der Waals surface area contributed by atoms with Gasteiger partial charge in [-0.15, -0.1) is 0 Å². The smallest absolute Gasteiger partial charge is 0.315 e. The van der Waals surface area contributed by atoms with Gasteiger partial charge in [0.15, 0.2) is 0 Å². The van der Waals surface area contributed by atoms with Gasteiger partial charge in [-0.25, -0.2) is 4.79 Å². The Morgan fingerprint density at radius 3 is 2.15 bits per heavy atom. The molecule has 4 nitrogen and oxygen atoms in total. The van der Waals surface area contributed by atoms with Gasteiger partial charge in [-0.3, -0.25) is 4.90 Å². The average molecular weight is 366 g/mol. The Balaban J connectivity index is 1.43. The molecule has 4 heteroatoms. The van der Waals surface area contributed by atoms with Crippen LogP contribution < -0.4 is 10.6 Å². The summed E-state index contributed by atoms with van der Waals surface area (Å²) in [6.45, 7) is 8.72. The molecule has 0 spiro atoms. The molecule has 0 aromatic heterocycles. The third-order valence-corrected chi connectivity index (χ3v) is 5.60. The van der Waals surface area contributed by atoms with Crippen LogP contribution in [0.1, 0.15) is 43.4 Å². The molecule has 27 heavy (non-hydrogen) atoms. The number of rotatable bonds is 9. The highest BCUT2D eigenvalue weighted by Crippen LogP contribution is 2.47. The fourth-order valence-corrected chi connectivity index (χ4v) is 3.47. The Morgan fingerprint density at radius 1 is 0.926 bits per heavy atom. The number of carbonyl (C=O) groups excluding carboxylic acids is 1. The van der Waals surface area contributed by atoms with E-state index < -0.39 is 0 Å². The Labute approximate surface area is 163 Å². The number of urea groups is 1. The SMILES string of the molecule is CCN(CC)Cc1ccc(CNC(=O)NCC2(c3ccccc3)CC2)cc1. The fraction of sp³-hybridized carbons (Fsp3) is 0.435. The average Bonchev–Trinajstić information content (AvgIpc) is 3.52. The van der Waals surface area contributed by atoms with E-state index in [1.165, 1.54) is 11.1 Å². The van der Waals surface area contributed by atoms with Crippen LogP contribution in [0.25, 0.3) is 0 Å². The molecule has 0 radical (unpaired) electrons. The molecular weight excluding hydrogens is 334 g/mol. The number of hydrogen-bond donors (Lipinski definition) is 2. The first-order valence-electron chi connectivity index (χ1n) is 10.0. The summed E-state index contributed by atoms with van der Waals surface area (Å²) in [6, 6.07) is 18.9. The van der Waals surface area contributed by atoms with Crippen LogP contribution in [0.2, 0.25) is 0 Å². The van der Waals surface area contributed by atoms with Gasteiger partial charge in [-0.1, -0.05) is 68.4 Å². The first kappa shape index (κ1) is 19.4. The molecule has 0 bridgehead atoms. The van der Waals surface area contributed by atoms with E-state index in [1.54, 1.807) is 0 Å². The minimum atomic E-state index is -0.0931. The van der Waals surface area contributed by atoms with Crippen LogP contribution in [0, 0.1) is 0 Å². The summed E-state index contributed by atoms with van der Waals surface area (Å²) in [7, 11) is 0. The lowest BCUT2D eigenvalue weighted by Crippen LogP contribution is -2.39. The summed E-state index contributed by atoms with van der Waals surface area (Å²) in [6.07, 6.45) is 2.29. The number of benzene rings is 2. The molecule has 1 aliphatic rings. The van der Waals surface area contributed by atoms with E-state index in [9.17, 15) is 4.79 Å². The lowest BCUT2D eigenvalue weighted by atomic mass is 9.96. The maximum Gasteiger partial charge on any atom is 0.315 e. The van der Waals surface area contributed by atoms with Gasteiger partial charge in [-0.2, -0.15) is 0 Å². The molecule has 2 amide bonds. The van der Waals surface area contributed by atoms with Crippen LogP contribution in [0.5, 0.6) is 0 Å². The number of carbonyl (C=O) groups is 1. The largest absolute Gasteiger partial charge is 0.337 e. The molecule has 2 N–H and O–H groups in total. The van der Waals surface area contributed by atoms with Crippen molar-refractivity contribution in [2.45, 2.75) is 45.2 Å². The molecule has 3 rings (SSSR count). The van der Waals surface area contributed by atoms with E-state index in [1.807, 2.05) is 6.07 Å². The summed E-state index contributed by atoms with van der Waals surface area (Å²) < 4.78 is 0. The van der Waals surface area contributed by atoms with Crippen LogP contribution in [-0.2, 0) is 18.5 Å². The van der Waals surface area contributed by atoms with Crippen molar-refractivity contribution in [3.05, 3.63) is 71.3 Å². The highest BCUT2D eigenvalue weighted by Gasteiger charge is 2.44. The van der Waals surface area contributed by atoms with E-state index >= 15 is 0 Å². The Morgan fingerprint density at radius 2 is 1.56 bits per heavy atom. The van der Waals surface area contributed by atoms with Crippen molar-refractivity contribution >= 4 is 6.03 Å². The predicted molar refractivity (Wildman–Crippen MR) is 111 cm³/mol.